The number of nitrogens with zero attached hydrogens (tertiary/aromatic N) is 2. The third-order valence-electron chi connectivity index (χ3n) is 5.39. The summed E-state index contributed by atoms with van der Waals surface area (Å²) in [6.07, 6.45) is -8.82. The normalized spacial score (nSPS) is 23.6. The minimum absolute atomic E-state index is 0.0128. The van der Waals surface area contributed by atoms with Crippen LogP contribution in [-0.4, -0.2) is 47.4 Å². The lowest BCUT2D eigenvalue weighted by atomic mass is 9.96. The number of hydrogen-bond acceptors (Lipinski definition) is 2. The summed E-state index contributed by atoms with van der Waals surface area (Å²) in [7, 11) is 0. The maximum atomic E-state index is 13.0. The van der Waals surface area contributed by atoms with Gasteiger partial charge in [0.05, 0.1) is 17.4 Å². The lowest BCUT2D eigenvalue weighted by Gasteiger charge is -2.35. The maximum absolute atomic E-state index is 13.0. The highest BCUT2D eigenvalue weighted by atomic mass is 19.4. The summed E-state index contributed by atoms with van der Waals surface area (Å²) in [6, 6.07) is 4.57. The number of piperidine rings is 1. The van der Waals surface area contributed by atoms with Crippen molar-refractivity contribution in [1.29, 1.82) is 0 Å². The molecule has 0 unspecified atom stereocenters. The number of hydrogen-bond donors (Lipinski definition) is 0. The van der Waals surface area contributed by atoms with Crippen LogP contribution in [0, 0.1) is 11.8 Å². The van der Waals surface area contributed by atoms with Gasteiger partial charge in [0.15, 0.2) is 0 Å². The highest BCUT2D eigenvalue weighted by molar-refractivity contribution is 5.89. The smallest absolute Gasteiger partial charge is 0.342 e. The van der Waals surface area contributed by atoms with E-state index in [2.05, 4.69) is 0 Å². The van der Waals surface area contributed by atoms with Crippen molar-refractivity contribution in [1.82, 2.24) is 9.80 Å². The molecule has 2 fully saturated rings. The van der Waals surface area contributed by atoms with E-state index in [1.807, 2.05) is 0 Å². The average Bonchev–Trinajstić information content (AvgIpc) is 3.00. The zero-order valence-corrected chi connectivity index (χ0v) is 15.4. The molecule has 2 aliphatic rings. The molecule has 2 aliphatic heterocycles. The van der Waals surface area contributed by atoms with Crippen molar-refractivity contribution in [3.63, 3.8) is 0 Å². The number of carbonyl (C=O) groups excluding carboxylic acids is 2. The predicted octanol–water partition coefficient (Wildman–Crippen LogP) is 3.85. The van der Waals surface area contributed by atoms with Gasteiger partial charge in [-0.3, -0.25) is 9.59 Å². The van der Waals surface area contributed by atoms with Crippen molar-refractivity contribution < 1.29 is 35.9 Å². The van der Waals surface area contributed by atoms with E-state index in [-0.39, 0.29) is 44.5 Å². The van der Waals surface area contributed by atoms with Gasteiger partial charge >= 0.3 is 12.4 Å². The number of benzene rings is 1. The number of rotatable bonds is 3. The van der Waals surface area contributed by atoms with Crippen LogP contribution in [0.5, 0.6) is 0 Å². The Bertz CT molecular complexity index is 777. The average molecular weight is 422 g/mol. The molecule has 0 spiro atoms. The first-order valence-corrected chi connectivity index (χ1v) is 9.24. The predicted molar refractivity (Wildman–Crippen MR) is 90.3 cm³/mol. The van der Waals surface area contributed by atoms with E-state index in [4.69, 9.17) is 0 Å². The van der Waals surface area contributed by atoms with Crippen LogP contribution in [0.2, 0.25) is 0 Å². The van der Waals surface area contributed by atoms with Crippen LogP contribution in [0.1, 0.15) is 30.4 Å². The number of likely N-dealkylation sites (tertiary alicyclic amines) is 2. The molecule has 1 aromatic rings. The third-order valence-corrected chi connectivity index (χ3v) is 5.39. The molecule has 0 bridgehead atoms. The topological polar surface area (TPSA) is 40.6 Å². The molecule has 4 nitrogen and oxygen atoms in total. The first kappa shape index (κ1) is 21.4. The second-order valence-corrected chi connectivity index (χ2v) is 7.54. The minimum Gasteiger partial charge on any atom is -0.342 e. The third kappa shape index (κ3) is 5.02. The molecule has 0 saturated carbocycles. The molecule has 0 aliphatic carbocycles. The highest BCUT2D eigenvalue weighted by Gasteiger charge is 2.44. The fourth-order valence-corrected chi connectivity index (χ4v) is 3.86. The van der Waals surface area contributed by atoms with Gasteiger partial charge in [-0.25, -0.2) is 0 Å². The Morgan fingerprint density at radius 3 is 2.48 bits per heavy atom. The molecular weight excluding hydrogens is 402 g/mol. The molecule has 2 atom stereocenters. The molecule has 1 aromatic carbocycles. The standard InChI is InChI=1S/C19H20F6N2O2/c20-18(21,22)14-4-1-3-12(7-14)9-27-10-13(8-16(27)28)17(29)26-6-2-5-15(11-26)19(23,24)25/h1,3-4,7,13,15H,2,5-6,8-11H2/t13-,15-/m0/s1. The van der Waals surface area contributed by atoms with Gasteiger partial charge in [0.1, 0.15) is 0 Å². The van der Waals surface area contributed by atoms with E-state index in [0.29, 0.717) is 0 Å². The summed E-state index contributed by atoms with van der Waals surface area (Å²) in [5, 5.41) is 0. The summed E-state index contributed by atoms with van der Waals surface area (Å²) >= 11 is 0. The van der Waals surface area contributed by atoms with Crippen molar-refractivity contribution in [2.45, 2.75) is 38.2 Å². The summed E-state index contributed by atoms with van der Waals surface area (Å²) in [5.74, 6) is -3.25. The van der Waals surface area contributed by atoms with Crippen LogP contribution >= 0.6 is 0 Å². The molecule has 0 radical (unpaired) electrons. The first-order valence-electron chi connectivity index (χ1n) is 9.24. The van der Waals surface area contributed by atoms with Crippen LogP contribution in [0.4, 0.5) is 26.3 Å². The molecule has 0 aromatic heterocycles. The molecule has 2 saturated heterocycles. The molecule has 29 heavy (non-hydrogen) atoms. The van der Waals surface area contributed by atoms with Crippen LogP contribution in [-0.2, 0) is 22.3 Å². The van der Waals surface area contributed by atoms with E-state index in [0.717, 1.165) is 17.0 Å². The van der Waals surface area contributed by atoms with Gasteiger partial charge in [0.2, 0.25) is 11.8 Å². The van der Waals surface area contributed by atoms with Crippen LogP contribution in [0.25, 0.3) is 0 Å². The Morgan fingerprint density at radius 1 is 1.10 bits per heavy atom. The molecule has 160 valence electrons. The first-order chi connectivity index (χ1) is 13.4. The highest BCUT2D eigenvalue weighted by Crippen LogP contribution is 2.34. The zero-order chi connectivity index (χ0) is 21.4. The Morgan fingerprint density at radius 2 is 1.83 bits per heavy atom. The maximum Gasteiger partial charge on any atom is 0.416 e. The molecule has 0 N–H and O–H groups in total. The van der Waals surface area contributed by atoms with E-state index < -0.39 is 48.1 Å². The minimum atomic E-state index is -4.51. The van der Waals surface area contributed by atoms with Crippen molar-refractivity contribution in [3.8, 4) is 0 Å². The van der Waals surface area contributed by atoms with Crippen LogP contribution in [0.15, 0.2) is 24.3 Å². The molecule has 2 amide bonds. The number of amides is 2. The molecule has 2 heterocycles. The fraction of sp³-hybridized carbons (Fsp3) is 0.579. The van der Waals surface area contributed by atoms with Crippen molar-refractivity contribution in [3.05, 3.63) is 35.4 Å². The van der Waals surface area contributed by atoms with Crippen LogP contribution in [0.3, 0.4) is 0 Å². The van der Waals surface area contributed by atoms with Crippen molar-refractivity contribution in [2.24, 2.45) is 11.8 Å². The quantitative estimate of drug-likeness (QED) is 0.695. The monoisotopic (exact) mass is 422 g/mol. The second kappa shape index (κ2) is 7.87. The lowest BCUT2D eigenvalue weighted by molar-refractivity contribution is -0.188. The summed E-state index contributed by atoms with van der Waals surface area (Å²) in [6.45, 7) is -0.302. The Labute approximate surface area is 163 Å². The molecule has 3 rings (SSSR count). The van der Waals surface area contributed by atoms with E-state index >= 15 is 0 Å². The second-order valence-electron chi connectivity index (χ2n) is 7.54. The van der Waals surface area contributed by atoms with Gasteiger partial charge in [-0.05, 0) is 30.5 Å². The van der Waals surface area contributed by atoms with E-state index in [9.17, 15) is 35.9 Å². The van der Waals surface area contributed by atoms with Gasteiger partial charge < -0.3 is 9.80 Å². The summed E-state index contributed by atoms with van der Waals surface area (Å²) in [4.78, 5) is 27.3. The van der Waals surface area contributed by atoms with Gasteiger partial charge in [-0.2, -0.15) is 26.3 Å². The van der Waals surface area contributed by atoms with Crippen LogP contribution < -0.4 is 0 Å². The van der Waals surface area contributed by atoms with E-state index in [1.54, 1.807) is 0 Å². The zero-order valence-electron chi connectivity index (χ0n) is 15.4. The van der Waals surface area contributed by atoms with Gasteiger partial charge in [-0.15, -0.1) is 0 Å². The van der Waals surface area contributed by atoms with Gasteiger partial charge in [-0.1, -0.05) is 12.1 Å². The molecular formula is C19H20F6N2O2. The SMILES string of the molecule is O=C1C[C@H](C(=O)N2CCC[C@H](C(F)(F)F)C2)CN1Cc1cccc(C(F)(F)F)c1. The lowest BCUT2D eigenvalue weighted by Crippen LogP contribution is -2.47. The number of carbonyl (C=O) groups is 2. The fourth-order valence-electron chi connectivity index (χ4n) is 3.86. The Balaban J connectivity index is 1.64. The van der Waals surface area contributed by atoms with Gasteiger partial charge in [0.25, 0.3) is 0 Å². The number of alkyl halides is 6. The summed E-state index contributed by atoms with van der Waals surface area (Å²) in [5.41, 5.74) is -0.558. The Hall–Kier alpha value is -2.26. The van der Waals surface area contributed by atoms with E-state index in [1.165, 1.54) is 17.0 Å². The van der Waals surface area contributed by atoms with Gasteiger partial charge in [0, 0.05) is 32.6 Å². The largest absolute Gasteiger partial charge is 0.416 e. The van der Waals surface area contributed by atoms with Crippen molar-refractivity contribution in [2.75, 3.05) is 19.6 Å². The summed E-state index contributed by atoms with van der Waals surface area (Å²) < 4.78 is 77.4. The van der Waals surface area contributed by atoms with Crippen molar-refractivity contribution >= 4 is 11.8 Å². The number of halogens is 6. The molecule has 10 heteroatoms. The Kier molecular flexibility index (Phi) is 5.82.